The smallest absolute Gasteiger partial charge is 0.416 e. The molecule has 0 bridgehead atoms. The molecule has 0 radical (unpaired) electrons. The summed E-state index contributed by atoms with van der Waals surface area (Å²) in [5, 5.41) is 9.37. The predicted octanol–water partition coefficient (Wildman–Crippen LogP) is 5.46. The minimum atomic E-state index is -4.27. The number of likely N-dealkylation sites (tertiary alicyclic amines) is 1. The first-order valence-corrected chi connectivity index (χ1v) is 11.8. The zero-order chi connectivity index (χ0) is 22.3. The van der Waals surface area contributed by atoms with Gasteiger partial charge in [0, 0.05) is 19.3 Å². The number of rotatable bonds is 7. The monoisotopic (exact) mass is 462 g/mol. The van der Waals surface area contributed by atoms with E-state index in [-0.39, 0.29) is 5.41 Å². The zero-order valence-corrected chi connectivity index (χ0v) is 18.6. The number of aromatic nitrogens is 3. The molecule has 32 heavy (non-hydrogen) atoms. The fraction of sp³-hybridized carbons (Fsp3) is 0.478. The number of benzene rings is 1. The van der Waals surface area contributed by atoms with Crippen molar-refractivity contribution >= 4 is 11.8 Å². The van der Waals surface area contributed by atoms with E-state index in [1.807, 2.05) is 23.7 Å². The number of halogens is 3. The summed E-state index contributed by atoms with van der Waals surface area (Å²) in [7, 11) is 1.94. The van der Waals surface area contributed by atoms with Crippen LogP contribution in [0.25, 0.3) is 11.6 Å². The fourth-order valence-corrected chi connectivity index (χ4v) is 5.70. The van der Waals surface area contributed by atoms with Crippen LogP contribution in [0.1, 0.15) is 36.3 Å². The minimum absolute atomic E-state index is 0.258. The van der Waals surface area contributed by atoms with E-state index in [1.54, 1.807) is 30.2 Å². The van der Waals surface area contributed by atoms with Crippen molar-refractivity contribution in [2.45, 2.75) is 36.5 Å². The molecule has 1 aliphatic carbocycles. The summed E-state index contributed by atoms with van der Waals surface area (Å²) in [6.07, 6.45) is 0.614. The van der Waals surface area contributed by atoms with Crippen LogP contribution in [0.5, 0.6) is 0 Å². The second kappa shape index (κ2) is 8.26. The number of hydrogen-bond acceptors (Lipinski definition) is 5. The average Bonchev–Trinajstić information content (AvgIpc) is 3.16. The Balaban J connectivity index is 1.08. The Morgan fingerprint density at radius 1 is 1.19 bits per heavy atom. The van der Waals surface area contributed by atoms with Crippen molar-refractivity contribution in [3.63, 3.8) is 0 Å². The normalized spacial score (nSPS) is 23.3. The Morgan fingerprint density at radius 2 is 2.00 bits per heavy atom. The van der Waals surface area contributed by atoms with Crippen LogP contribution in [-0.2, 0) is 13.2 Å². The average molecular weight is 463 g/mol. The van der Waals surface area contributed by atoms with E-state index < -0.39 is 11.7 Å². The molecule has 1 unspecified atom stereocenters. The van der Waals surface area contributed by atoms with Crippen LogP contribution in [0.3, 0.4) is 0 Å². The van der Waals surface area contributed by atoms with Crippen molar-refractivity contribution < 1.29 is 17.6 Å². The van der Waals surface area contributed by atoms with E-state index in [2.05, 4.69) is 15.1 Å². The molecule has 0 N–H and O–H groups in total. The maximum Gasteiger partial charge on any atom is 0.416 e. The van der Waals surface area contributed by atoms with Gasteiger partial charge in [-0.05, 0) is 73.5 Å². The lowest BCUT2D eigenvalue weighted by Crippen LogP contribution is -2.23. The van der Waals surface area contributed by atoms with E-state index in [0.717, 1.165) is 61.2 Å². The Morgan fingerprint density at radius 3 is 2.72 bits per heavy atom. The number of alkyl halides is 3. The molecule has 3 aromatic rings. The molecule has 9 heteroatoms. The number of hydrogen-bond donors (Lipinski definition) is 0. The van der Waals surface area contributed by atoms with Gasteiger partial charge in [-0.2, -0.15) is 13.2 Å². The second-order valence-corrected chi connectivity index (χ2v) is 9.87. The Bertz CT molecular complexity index is 1060. The summed E-state index contributed by atoms with van der Waals surface area (Å²) in [4.78, 5) is 2.50. The van der Waals surface area contributed by atoms with Gasteiger partial charge < -0.3 is 13.9 Å². The summed E-state index contributed by atoms with van der Waals surface area (Å²) < 4.78 is 45.8. The third kappa shape index (κ3) is 4.20. The van der Waals surface area contributed by atoms with Crippen molar-refractivity contribution in [3.8, 4) is 11.6 Å². The summed E-state index contributed by atoms with van der Waals surface area (Å²) in [6.45, 7) is 3.13. The molecule has 0 amide bonds. The third-order valence-electron chi connectivity index (χ3n) is 6.72. The number of furan rings is 1. The van der Waals surface area contributed by atoms with Crippen LogP contribution in [-0.4, -0.2) is 45.1 Å². The standard InChI is InChI=1S/C23H25F3N4OS/c1-29-20(19-4-2-12-31-19)27-28-21(29)32-13-3-10-30-11-9-22(15-30)14-18(22)16-5-7-17(8-6-16)23(24,25)26/h2,4-8,12,18H,3,9-11,13-15H2,1H3/t18-,22?/m1/s1. The van der Waals surface area contributed by atoms with Gasteiger partial charge in [0.25, 0.3) is 0 Å². The van der Waals surface area contributed by atoms with Crippen LogP contribution >= 0.6 is 11.8 Å². The van der Waals surface area contributed by atoms with Crippen molar-refractivity contribution in [2.75, 3.05) is 25.4 Å². The van der Waals surface area contributed by atoms with Crippen LogP contribution < -0.4 is 0 Å². The predicted molar refractivity (Wildman–Crippen MR) is 116 cm³/mol. The fourth-order valence-electron chi connectivity index (χ4n) is 4.86. The second-order valence-electron chi connectivity index (χ2n) is 8.81. The lowest BCUT2D eigenvalue weighted by atomic mass is 9.97. The van der Waals surface area contributed by atoms with Gasteiger partial charge in [-0.3, -0.25) is 0 Å². The first-order valence-electron chi connectivity index (χ1n) is 10.8. The number of thioether (sulfide) groups is 1. The molecule has 1 spiro atoms. The maximum atomic E-state index is 12.8. The summed E-state index contributed by atoms with van der Waals surface area (Å²) in [5.41, 5.74) is 0.736. The Kier molecular flexibility index (Phi) is 5.57. The van der Waals surface area contributed by atoms with Gasteiger partial charge in [0.1, 0.15) is 0 Å². The van der Waals surface area contributed by atoms with Gasteiger partial charge >= 0.3 is 6.18 Å². The van der Waals surface area contributed by atoms with Crippen molar-refractivity contribution in [1.29, 1.82) is 0 Å². The quantitative estimate of drug-likeness (QED) is 0.345. The molecule has 3 heterocycles. The highest BCUT2D eigenvalue weighted by Gasteiger charge is 2.57. The molecule has 1 aliphatic heterocycles. The molecule has 5 nitrogen and oxygen atoms in total. The third-order valence-corrected chi connectivity index (χ3v) is 7.83. The van der Waals surface area contributed by atoms with Gasteiger partial charge in [0.05, 0.1) is 11.8 Å². The lowest BCUT2D eigenvalue weighted by molar-refractivity contribution is -0.137. The topological polar surface area (TPSA) is 47.1 Å². The molecule has 1 saturated carbocycles. The van der Waals surface area contributed by atoms with Gasteiger partial charge in [-0.15, -0.1) is 10.2 Å². The van der Waals surface area contributed by atoms with E-state index in [1.165, 1.54) is 12.1 Å². The van der Waals surface area contributed by atoms with Crippen LogP contribution in [0.15, 0.2) is 52.2 Å². The zero-order valence-electron chi connectivity index (χ0n) is 17.8. The summed E-state index contributed by atoms with van der Waals surface area (Å²) in [5.74, 6) is 2.78. The Labute approximate surface area is 189 Å². The molecule has 1 saturated heterocycles. The number of nitrogens with zero attached hydrogens (tertiary/aromatic N) is 4. The van der Waals surface area contributed by atoms with Crippen molar-refractivity contribution in [2.24, 2.45) is 12.5 Å². The highest BCUT2D eigenvalue weighted by molar-refractivity contribution is 7.99. The van der Waals surface area contributed by atoms with E-state index in [9.17, 15) is 13.2 Å². The Hall–Kier alpha value is -2.26. The van der Waals surface area contributed by atoms with Crippen LogP contribution in [0.4, 0.5) is 13.2 Å². The lowest BCUT2D eigenvalue weighted by Gasteiger charge is -2.16. The largest absolute Gasteiger partial charge is 0.461 e. The van der Waals surface area contributed by atoms with E-state index >= 15 is 0 Å². The van der Waals surface area contributed by atoms with Crippen molar-refractivity contribution in [1.82, 2.24) is 19.7 Å². The summed E-state index contributed by atoms with van der Waals surface area (Å²) >= 11 is 1.69. The molecule has 5 rings (SSSR count). The molecule has 2 aliphatic rings. The van der Waals surface area contributed by atoms with Gasteiger partial charge in [-0.1, -0.05) is 23.9 Å². The molecule has 2 fully saturated rings. The molecule has 1 aromatic carbocycles. The van der Waals surface area contributed by atoms with Crippen LogP contribution in [0.2, 0.25) is 0 Å². The van der Waals surface area contributed by atoms with Gasteiger partial charge in [0.2, 0.25) is 0 Å². The van der Waals surface area contributed by atoms with E-state index in [4.69, 9.17) is 4.42 Å². The maximum absolute atomic E-state index is 12.8. The molecule has 170 valence electrons. The molecule has 2 atom stereocenters. The van der Waals surface area contributed by atoms with Crippen LogP contribution in [0, 0.1) is 5.41 Å². The SMILES string of the molecule is Cn1c(SCCCN2CCC3(C[C@@H]3c3ccc(C(F)(F)F)cc3)C2)nnc1-c1ccco1. The highest BCUT2D eigenvalue weighted by atomic mass is 32.2. The van der Waals surface area contributed by atoms with E-state index in [0.29, 0.717) is 11.7 Å². The minimum Gasteiger partial charge on any atom is -0.461 e. The highest BCUT2D eigenvalue weighted by Crippen LogP contribution is 2.64. The first-order chi connectivity index (χ1) is 15.4. The van der Waals surface area contributed by atoms with Gasteiger partial charge in [0.15, 0.2) is 16.7 Å². The van der Waals surface area contributed by atoms with Gasteiger partial charge in [-0.25, -0.2) is 0 Å². The van der Waals surface area contributed by atoms with Crippen molar-refractivity contribution in [3.05, 3.63) is 53.8 Å². The molecular weight excluding hydrogens is 437 g/mol. The summed E-state index contributed by atoms with van der Waals surface area (Å²) in [6, 6.07) is 9.47. The molecule has 2 aromatic heterocycles. The first kappa shape index (κ1) is 21.6. The molecular formula is C23H25F3N4OS.